The third kappa shape index (κ3) is 3.03. The number of hydrogen-bond donors (Lipinski definition) is 3. The predicted molar refractivity (Wildman–Crippen MR) is 125 cm³/mol. The van der Waals surface area contributed by atoms with Crippen LogP contribution in [0.25, 0.3) is 10.8 Å². The lowest BCUT2D eigenvalue weighted by molar-refractivity contribution is -0.112. The van der Waals surface area contributed by atoms with Crippen LogP contribution in [0.3, 0.4) is 0 Å². The van der Waals surface area contributed by atoms with Crippen LogP contribution in [0.4, 0.5) is 0 Å². The van der Waals surface area contributed by atoms with Gasteiger partial charge in [0.2, 0.25) is 11.5 Å². The minimum Gasteiger partial charge on any atom is -0.507 e. The monoisotopic (exact) mass is 522 g/mol. The van der Waals surface area contributed by atoms with Gasteiger partial charge in [0, 0.05) is 18.1 Å². The Bertz CT molecular complexity index is 1730. The summed E-state index contributed by atoms with van der Waals surface area (Å²) in [7, 11) is 2.33. The standard InChI is InChI=1S/C26H18O12/c1-34-13-7-12(27)16-17(19(13)29)18(28)11-8-26(38-23(11)21(16)31)4-3-9-5-10-6-14(24(32)35-2)36-25(33)15(10)20(30)22(9)37-26/h5-7,28,30-31H,3-4,8H2,1-2H3. The van der Waals surface area contributed by atoms with Gasteiger partial charge in [-0.05, 0) is 29.5 Å². The van der Waals surface area contributed by atoms with Gasteiger partial charge < -0.3 is 38.7 Å². The van der Waals surface area contributed by atoms with Gasteiger partial charge in [0.1, 0.15) is 11.1 Å². The van der Waals surface area contributed by atoms with Crippen LogP contribution in [-0.4, -0.2) is 52.9 Å². The van der Waals surface area contributed by atoms with E-state index in [4.69, 9.17) is 18.6 Å². The summed E-state index contributed by atoms with van der Waals surface area (Å²) in [6.07, 6.45) is 1.18. The number of fused-ring (bicyclic) bond motifs is 4. The highest BCUT2D eigenvalue weighted by Gasteiger charge is 2.50. The molecule has 38 heavy (non-hydrogen) atoms. The molecule has 0 amide bonds. The Balaban J connectivity index is 1.44. The second-order valence-corrected chi connectivity index (χ2v) is 9.02. The van der Waals surface area contributed by atoms with Crippen molar-refractivity contribution in [2.75, 3.05) is 14.2 Å². The quantitative estimate of drug-likeness (QED) is 0.331. The summed E-state index contributed by atoms with van der Waals surface area (Å²) in [5.41, 5.74) is -1.30. The molecule has 1 aliphatic carbocycles. The van der Waals surface area contributed by atoms with E-state index < -0.39 is 57.3 Å². The summed E-state index contributed by atoms with van der Waals surface area (Å²) in [6.45, 7) is 0. The molecule has 0 saturated heterocycles. The highest BCUT2D eigenvalue weighted by Crippen LogP contribution is 2.55. The maximum atomic E-state index is 12.8. The topological polar surface area (TPSA) is 179 Å². The Morgan fingerprint density at radius 3 is 2.42 bits per heavy atom. The molecule has 0 fully saturated rings. The van der Waals surface area contributed by atoms with Crippen molar-refractivity contribution < 1.29 is 53.1 Å². The Morgan fingerprint density at radius 1 is 0.974 bits per heavy atom. The number of phenolic OH excluding ortho intramolecular Hbond substituents is 3. The van der Waals surface area contributed by atoms with Crippen LogP contribution >= 0.6 is 0 Å². The zero-order chi connectivity index (χ0) is 27.1. The van der Waals surface area contributed by atoms with Gasteiger partial charge in [-0.15, -0.1) is 0 Å². The summed E-state index contributed by atoms with van der Waals surface area (Å²) in [6, 6.07) is 2.83. The minimum atomic E-state index is -1.55. The summed E-state index contributed by atoms with van der Waals surface area (Å²) >= 11 is 0. The molecule has 1 atom stereocenters. The number of methoxy groups -OCH3 is 2. The molecule has 1 aromatic heterocycles. The van der Waals surface area contributed by atoms with Gasteiger partial charge in [-0.2, -0.15) is 0 Å². The molecule has 12 nitrogen and oxygen atoms in total. The van der Waals surface area contributed by atoms with Crippen molar-refractivity contribution in [1.29, 1.82) is 0 Å². The number of hydrogen-bond acceptors (Lipinski definition) is 12. The van der Waals surface area contributed by atoms with Crippen LogP contribution in [0.5, 0.6) is 28.7 Å². The van der Waals surface area contributed by atoms with E-state index in [0.29, 0.717) is 5.56 Å². The Kier molecular flexibility index (Phi) is 4.77. The lowest BCUT2D eigenvalue weighted by atomic mass is 9.87. The second kappa shape index (κ2) is 7.75. The second-order valence-electron chi connectivity index (χ2n) is 9.02. The SMILES string of the molecule is COC(=O)c1cc2cc3c(c(O)c2c(=O)o1)OC1(CC3)Cc2c(O)c3c(c(O)c2O1)C(=O)C=C(OC)C3=O. The molecule has 0 bridgehead atoms. The molecule has 12 heteroatoms. The van der Waals surface area contributed by atoms with Crippen LogP contribution in [0.15, 0.2) is 33.2 Å². The van der Waals surface area contributed by atoms with E-state index in [9.17, 15) is 34.5 Å². The first-order chi connectivity index (χ1) is 18.1. The van der Waals surface area contributed by atoms with Gasteiger partial charge in [-0.25, -0.2) is 9.59 Å². The number of ether oxygens (including phenoxy) is 4. The third-order valence-corrected chi connectivity index (χ3v) is 6.92. The first-order valence-corrected chi connectivity index (χ1v) is 11.3. The largest absolute Gasteiger partial charge is 0.507 e. The highest BCUT2D eigenvalue weighted by atomic mass is 16.7. The number of carbonyl (C=O) groups is 3. The molecule has 1 spiro atoms. The number of ketones is 2. The molecule has 1 unspecified atom stereocenters. The minimum absolute atomic E-state index is 0.0331. The number of rotatable bonds is 2. The Hall–Kier alpha value is -5.00. The molecule has 2 aliphatic heterocycles. The first-order valence-electron chi connectivity index (χ1n) is 11.3. The van der Waals surface area contributed by atoms with E-state index in [1.807, 2.05) is 0 Å². The van der Waals surface area contributed by atoms with E-state index in [1.165, 1.54) is 13.2 Å². The van der Waals surface area contributed by atoms with Gasteiger partial charge in [0.05, 0.1) is 31.8 Å². The summed E-state index contributed by atoms with van der Waals surface area (Å²) < 4.78 is 26.5. The van der Waals surface area contributed by atoms with E-state index >= 15 is 0 Å². The summed E-state index contributed by atoms with van der Waals surface area (Å²) in [5.74, 6) is -6.64. The first kappa shape index (κ1) is 23.4. The number of esters is 1. The van der Waals surface area contributed by atoms with E-state index in [2.05, 4.69) is 4.74 Å². The number of carbonyl (C=O) groups excluding carboxylic acids is 3. The van der Waals surface area contributed by atoms with Gasteiger partial charge in [0.25, 0.3) is 5.79 Å². The molecular weight excluding hydrogens is 504 g/mol. The van der Waals surface area contributed by atoms with Crippen LogP contribution in [-0.2, 0) is 22.3 Å². The zero-order valence-corrected chi connectivity index (χ0v) is 19.9. The van der Waals surface area contributed by atoms with Crippen LogP contribution in [0, 0.1) is 0 Å². The lowest BCUT2D eigenvalue weighted by Gasteiger charge is -2.35. The zero-order valence-electron chi connectivity index (χ0n) is 19.9. The van der Waals surface area contributed by atoms with Crippen molar-refractivity contribution in [2.24, 2.45) is 0 Å². The lowest BCUT2D eigenvalue weighted by Crippen LogP contribution is -2.44. The fourth-order valence-electron chi connectivity index (χ4n) is 5.15. The van der Waals surface area contributed by atoms with E-state index in [1.54, 1.807) is 6.07 Å². The van der Waals surface area contributed by atoms with Crippen molar-refractivity contribution in [1.82, 2.24) is 0 Å². The average molecular weight is 522 g/mol. The number of aromatic hydroxyl groups is 3. The summed E-state index contributed by atoms with van der Waals surface area (Å²) in [4.78, 5) is 49.9. The molecular formula is C26H18O12. The van der Waals surface area contributed by atoms with Crippen molar-refractivity contribution in [3.05, 3.63) is 62.4 Å². The average Bonchev–Trinajstić information content (AvgIpc) is 3.27. The fourth-order valence-corrected chi connectivity index (χ4v) is 5.15. The summed E-state index contributed by atoms with van der Waals surface area (Å²) in [5, 5.41) is 32.8. The van der Waals surface area contributed by atoms with Crippen LogP contribution < -0.4 is 15.1 Å². The normalized spacial score (nSPS) is 19.3. The van der Waals surface area contributed by atoms with Crippen LogP contribution in [0.1, 0.15) is 48.8 Å². The van der Waals surface area contributed by atoms with Gasteiger partial charge in [-0.3, -0.25) is 9.59 Å². The molecule has 3 aromatic rings. The molecule has 6 rings (SSSR count). The number of allylic oxidation sites excluding steroid dienone is 2. The van der Waals surface area contributed by atoms with Gasteiger partial charge in [-0.1, -0.05) is 0 Å². The highest BCUT2D eigenvalue weighted by molar-refractivity contribution is 6.26. The maximum absolute atomic E-state index is 12.8. The molecule has 3 N–H and O–H groups in total. The maximum Gasteiger partial charge on any atom is 0.374 e. The smallest absolute Gasteiger partial charge is 0.374 e. The van der Waals surface area contributed by atoms with E-state index in [0.717, 1.165) is 13.2 Å². The van der Waals surface area contributed by atoms with E-state index in [-0.39, 0.29) is 58.6 Å². The van der Waals surface area contributed by atoms with Crippen molar-refractivity contribution in [2.45, 2.75) is 25.0 Å². The fraction of sp³-hybridized carbons (Fsp3) is 0.231. The Morgan fingerprint density at radius 2 is 1.71 bits per heavy atom. The molecule has 0 saturated carbocycles. The number of benzene rings is 2. The number of Topliss-reactive ketones (excluding diaryl/α,β-unsaturated/α-hetero) is 1. The van der Waals surface area contributed by atoms with Crippen LogP contribution in [0.2, 0.25) is 0 Å². The molecule has 194 valence electrons. The predicted octanol–water partition coefficient (Wildman–Crippen LogP) is 2.26. The molecule has 3 aliphatic rings. The third-order valence-electron chi connectivity index (χ3n) is 6.92. The molecule has 2 aromatic carbocycles. The van der Waals surface area contributed by atoms with Gasteiger partial charge in [0.15, 0.2) is 34.5 Å². The van der Waals surface area contributed by atoms with Crippen molar-refractivity contribution >= 4 is 28.3 Å². The Labute approximate surface area is 212 Å². The number of aryl methyl sites for hydroxylation is 1. The molecule has 0 radical (unpaired) electrons. The van der Waals surface area contributed by atoms with Gasteiger partial charge >= 0.3 is 11.6 Å². The van der Waals surface area contributed by atoms with Crippen molar-refractivity contribution in [3.8, 4) is 28.7 Å². The molecule has 3 heterocycles. The number of phenols is 3. The van der Waals surface area contributed by atoms with Crippen molar-refractivity contribution in [3.63, 3.8) is 0 Å².